The van der Waals surface area contributed by atoms with E-state index >= 15 is 0 Å². The number of rotatable bonds is 2. The standard InChI is InChI=1S/C14H21BrN2O/c1-10(16)11-3-4-13(12(15)9-11)17-7-5-14(2,18)6-8-17/h3-4,9-10,18H,5-8,16H2,1-2H3/t10-/m0/s1. The van der Waals surface area contributed by atoms with Crippen LogP contribution >= 0.6 is 15.9 Å². The number of halogens is 1. The third-order valence-corrected chi connectivity index (χ3v) is 4.31. The molecule has 0 bridgehead atoms. The van der Waals surface area contributed by atoms with Gasteiger partial charge in [0.15, 0.2) is 0 Å². The molecule has 0 spiro atoms. The number of aliphatic hydroxyl groups is 1. The Labute approximate surface area is 117 Å². The fourth-order valence-electron chi connectivity index (χ4n) is 2.29. The smallest absolute Gasteiger partial charge is 0.0653 e. The highest BCUT2D eigenvalue weighted by atomic mass is 79.9. The van der Waals surface area contributed by atoms with E-state index in [4.69, 9.17) is 5.73 Å². The van der Waals surface area contributed by atoms with Gasteiger partial charge in [-0.15, -0.1) is 0 Å². The molecule has 1 atom stereocenters. The molecule has 1 heterocycles. The van der Waals surface area contributed by atoms with Crippen molar-refractivity contribution >= 4 is 21.6 Å². The summed E-state index contributed by atoms with van der Waals surface area (Å²) in [4.78, 5) is 2.31. The topological polar surface area (TPSA) is 49.5 Å². The highest BCUT2D eigenvalue weighted by Crippen LogP contribution is 2.32. The van der Waals surface area contributed by atoms with E-state index in [0.717, 1.165) is 36.0 Å². The lowest BCUT2D eigenvalue weighted by Gasteiger charge is -2.37. The molecule has 2 rings (SSSR count). The first-order chi connectivity index (χ1) is 8.39. The molecular weight excluding hydrogens is 292 g/mol. The van der Waals surface area contributed by atoms with E-state index in [9.17, 15) is 5.11 Å². The number of nitrogens with two attached hydrogens (primary N) is 1. The van der Waals surface area contributed by atoms with Crippen molar-refractivity contribution in [1.29, 1.82) is 0 Å². The van der Waals surface area contributed by atoms with Gasteiger partial charge in [0.25, 0.3) is 0 Å². The number of hydrogen-bond donors (Lipinski definition) is 2. The molecule has 1 saturated heterocycles. The Balaban J connectivity index is 2.15. The predicted octanol–water partition coefficient (Wildman–Crippen LogP) is 2.82. The predicted molar refractivity (Wildman–Crippen MR) is 78.8 cm³/mol. The van der Waals surface area contributed by atoms with Gasteiger partial charge in [-0.25, -0.2) is 0 Å². The van der Waals surface area contributed by atoms with Crippen molar-refractivity contribution in [3.05, 3.63) is 28.2 Å². The Morgan fingerprint density at radius 2 is 2.00 bits per heavy atom. The van der Waals surface area contributed by atoms with E-state index in [1.165, 1.54) is 5.69 Å². The molecule has 0 aromatic heterocycles. The maximum Gasteiger partial charge on any atom is 0.0653 e. The maximum absolute atomic E-state index is 9.97. The molecule has 1 fully saturated rings. The largest absolute Gasteiger partial charge is 0.390 e. The fraction of sp³-hybridized carbons (Fsp3) is 0.571. The summed E-state index contributed by atoms with van der Waals surface area (Å²) < 4.78 is 1.08. The summed E-state index contributed by atoms with van der Waals surface area (Å²) >= 11 is 3.62. The van der Waals surface area contributed by atoms with Gasteiger partial charge < -0.3 is 15.7 Å². The Hall–Kier alpha value is -0.580. The van der Waals surface area contributed by atoms with Gasteiger partial charge in [-0.1, -0.05) is 6.07 Å². The van der Waals surface area contributed by atoms with Crippen LogP contribution in [-0.4, -0.2) is 23.8 Å². The summed E-state index contributed by atoms with van der Waals surface area (Å²) in [6, 6.07) is 6.34. The molecule has 3 nitrogen and oxygen atoms in total. The molecular formula is C14H21BrN2O. The normalized spacial score (nSPS) is 20.8. The van der Waals surface area contributed by atoms with Crippen LogP contribution in [0.2, 0.25) is 0 Å². The molecule has 1 aromatic rings. The van der Waals surface area contributed by atoms with Crippen LogP contribution in [0.1, 0.15) is 38.3 Å². The van der Waals surface area contributed by atoms with Gasteiger partial charge in [0, 0.05) is 23.6 Å². The van der Waals surface area contributed by atoms with Crippen LogP contribution in [0, 0.1) is 0 Å². The highest BCUT2D eigenvalue weighted by molar-refractivity contribution is 9.10. The number of benzene rings is 1. The third kappa shape index (κ3) is 3.05. The van der Waals surface area contributed by atoms with E-state index in [0.29, 0.717) is 0 Å². The van der Waals surface area contributed by atoms with E-state index in [1.807, 2.05) is 13.8 Å². The van der Waals surface area contributed by atoms with Gasteiger partial charge >= 0.3 is 0 Å². The second-order valence-electron chi connectivity index (χ2n) is 5.48. The molecule has 0 unspecified atom stereocenters. The molecule has 0 amide bonds. The van der Waals surface area contributed by atoms with Crippen molar-refractivity contribution in [2.45, 2.75) is 38.3 Å². The monoisotopic (exact) mass is 312 g/mol. The quantitative estimate of drug-likeness (QED) is 0.883. The van der Waals surface area contributed by atoms with Gasteiger partial charge in [0.05, 0.1) is 11.3 Å². The third-order valence-electron chi connectivity index (χ3n) is 3.68. The van der Waals surface area contributed by atoms with Crippen molar-refractivity contribution in [1.82, 2.24) is 0 Å². The first kappa shape index (κ1) is 13.8. The van der Waals surface area contributed by atoms with Gasteiger partial charge in [0.1, 0.15) is 0 Å². The van der Waals surface area contributed by atoms with Gasteiger partial charge in [-0.3, -0.25) is 0 Å². The molecule has 0 aliphatic carbocycles. The lowest BCUT2D eigenvalue weighted by atomic mass is 9.93. The SMILES string of the molecule is C[C@H](N)c1ccc(N2CCC(C)(O)CC2)c(Br)c1. The second-order valence-corrected chi connectivity index (χ2v) is 6.34. The molecule has 100 valence electrons. The van der Waals surface area contributed by atoms with Crippen LogP contribution in [-0.2, 0) is 0 Å². The van der Waals surface area contributed by atoms with Crippen molar-refractivity contribution < 1.29 is 5.11 Å². The highest BCUT2D eigenvalue weighted by Gasteiger charge is 2.28. The van der Waals surface area contributed by atoms with Crippen LogP contribution in [0.15, 0.2) is 22.7 Å². The molecule has 18 heavy (non-hydrogen) atoms. The number of hydrogen-bond acceptors (Lipinski definition) is 3. The molecule has 0 radical (unpaired) electrons. The van der Waals surface area contributed by atoms with Gasteiger partial charge in [-0.05, 0) is 60.3 Å². The van der Waals surface area contributed by atoms with Gasteiger partial charge in [-0.2, -0.15) is 0 Å². The van der Waals surface area contributed by atoms with Gasteiger partial charge in [0.2, 0.25) is 0 Å². The van der Waals surface area contributed by atoms with Crippen molar-refractivity contribution in [3.63, 3.8) is 0 Å². The summed E-state index contributed by atoms with van der Waals surface area (Å²) in [6.45, 7) is 5.68. The van der Waals surface area contributed by atoms with E-state index in [2.05, 4.69) is 39.0 Å². The van der Waals surface area contributed by atoms with Crippen molar-refractivity contribution in [3.8, 4) is 0 Å². The number of anilines is 1. The molecule has 1 aliphatic heterocycles. The fourth-order valence-corrected chi connectivity index (χ4v) is 2.94. The summed E-state index contributed by atoms with van der Waals surface area (Å²) in [5.74, 6) is 0. The molecule has 1 aliphatic rings. The van der Waals surface area contributed by atoms with Crippen LogP contribution in [0.4, 0.5) is 5.69 Å². The van der Waals surface area contributed by atoms with Crippen LogP contribution in [0.5, 0.6) is 0 Å². The molecule has 0 saturated carbocycles. The Morgan fingerprint density at radius 3 is 2.50 bits per heavy atom. The summed E-state index contributed by atoms with van der Waals surface area (Å²) in [6.07, 6.45) is 1.63. The minimum Gasteiger partial charge on any atom is -0.390 e. The van der Waals surface area contributed by atoms with Crippen molar-refractivity contribution in [2.75, 3.05) is 18.0 Å². The lowest BCUT2D eigenvalue weighted by Crippen LogP contribution is -2.42. The number of piperidine rings is 1. The second kappa shape index (κ2) is 5.19. The van der Waals surface area contributed by atoms with E-state index < -0.39 is 5.60 Å². The van der Waals surface area contributed by atoms with Crippen LogP contribution in [0.25, 0.3) is 0 Å². The summed E-state index contributed by atoms with van der Waals surface area (Å²) in [5, 5.41) is 9.97. The Bertz CT molecular complexity index is 422. The zero-order valence-electron chi connectivity index (χ0n) is 11.0. The molecule has 4 heteroatoms. The summed E-state index contributed by atoms with van der Waals surface area (Å²) in [7, 11) is 0. The first-order valence-electron chi connectivity index (χ1n) is 6.41. The Morgan fingerprint density at radius 1 is 1.39 bits per heavy atom. The van der Waals surface area contributed by atoms with Crippen molar-refractivity contribution in [2.24, 2.45) is 5.73 Å². The Kier molecular flexibility index (Phi) is 3.99. The molecule has 3 N–H and O–H groups in total. The number of nitrogens with zero attached hydrogens (tertiary/aromatic N) is 1. The first-order valence-corrected chi connectivity index (χ1v) is 7.21. The van der Waals surface area contributed by atoms with E-state index in [1.54, 1.807) is 0 Å². The van der Waals surface area contributed by atoms with E-state index in [-0.39, 0.29) is 6.04 Å². The zero-order chi connectivity index (χ0) is 13.3. The van der Waals surface area contributed by atoms with Crippen LogP contribution in [0.3, 0.4) is 0 Å². The maximum atomic E-state index is 9.97. The average Bonchev–Trinajstić information content (AvgIpc) is 2.29. The zero-order valence-corrected chi connectivity index (χ0v) is 12.6. The minimum atomic E-state index is -0.505. The average molecular weight is 313 g/mol. The van der Waals surface area contributed by atoms with Crippen LogP contribution < -0.4 is 10.6 Å². The minimum absolute atomic E-state index is 0.0532. The molecule has 1 aromatic carbocycles. The lowest BCUT2D eigenvalue weighted by molar-refractivity contribution is 0.0351. The summed E-state index contributed by atoms with van der Waals surface area (Å²) in [5.41, 5.74) is 7.70.